The Kier molecular flexibility index (Phi) is 11.8. The minimum absolute atomic E-state index is 0.107. The van der Waals surface area contributed by atoms with Crippen molar-refractivity contribution < 1.29 is 19.1 Å². The van der Waals surface area contributed by atoms with E-state index in [0.29, 0.717) is 17.0 Å². The molecule has 2 amide bonds. The number of carbonyl (C=O) groups excluding carboxylic acids is 3. The number of thiophene rings is 1. The number of amides is 2. The van der Waals surface area contributed by atoms with Gasteiger partial charge in [0.2, 0.25) is 5.91 Å². The van der Waals surface area contributed by atoms with Gasteiger partial charge in [-0.25, -0.2) is 10.2 Å². The van der Waals surface area contributed by atoms with Crippen LogP contribution in [0.4, 0.5) is 0 Å². The van der Waals surface area contributed by atoms with Crippen LogP contribution in [0.25, 0.3) is 0 Å². The molecule has 1 heterocycles. The third-order valence-corrected chi connectivity index (χ3v) is 5.52. The Balaban J connectivity index is 1.59. The van der Waals surface area contributed by atoms with Crippen molar-refractivity contribution in [1.82, 2.24) is 10.7 Å². The summed E-state index contributed by atoms with van der Waals surface area (Å²) in [5.74, 6) is -0.489. The minimum atomic E-state index is -0.400. The fraction of sp³-hybridized carbons (Fsp3) is 0.417. The van der Waals surface area contributed by atoms with Gasteiger partial charge in [-0.2, -0.15) is 5.10 Å². The Morgan fingerprint density at radius 1 is 0.969 bits per heavy atom. The molecule has 0 aliphatic carbocycles. The van der Waals surface area contributed by atoms with E-state index >= 15 is 0 Å². The number of hydrazone groups is 1. The standard InChI is InChI=1S/C24H31N3O4S/c1-2-3-4-5-6-7-8-11-22(28)25-18-23(29)27-26-17-19-12-14-20(15-13-19)31-24(30)21-10-9-16-32-21/h9-10,12-17H,2-8,11,18H2,1H3,(H,25,28)(H,27,29)/b26-17-. The molecular weight excluding hydrogens is 426 g/mol. The van der Waals surface area contributed by atoms with Gasteiger partial charge in [0.15, 0.2) is 0 Å². The number of benzene rings is 1. The van der Waals surface area contributed by atoms with Crippen molar-refractivity contribution in [3.8, 4) is 5.75 Å². The van der Waals surface area contributed by atoms with Crippen molar-refractivity contribution >= 4 is 35.3 Å². The molecule has 2 aromatic rings. The van der Waals surface area contributed by atoms with Gasteiger partial charge in [-0.3, -0.25) is 9.59 Å². The normalized spacial score (nSPS) is 10.8. The van der Waals surface area contributed by atoms with Crippen LogP contribution in [0.2, 0.25) is 0 Å². The van der Waals surface area contributed by atoms with Crippen molar-refractivity contribution in [3.63, 3.8) is 0 Å². The zero-order valence-corrected chi connectivity index (χ0v) is 19.3. The zero-order chi connectivity index (χ0) is 23.0. The molecular formula is C24H31N3O4S. The lowest BCUT2D eigenvalue weighted by molar-refractivity contribution is -0.126. The zero-order valence-electron chi connectivity index (χ0n) is 18.5. The predicted octanol–water partition coefficient (Wildman–Crippen LogP) is 4.67. The van der Waals surface area contributed by atoms with Gasteiger partial charge >= 0.3 is 5.97 Å². The van der Waals surface area contributed by atoms with Crippen LogP contribution in [0.1, 0.15) is 73.5 Å². The molecule has 0 saturated heterocycles. The average Bonchev–Trinajstić information content (AvgIpc) is 3.33. The van der Waals surface area contributed by atoms with E-state index in [1.165, 1.54) is 43.2 Å². The summed E-state index contributed by atoms with van der Waals surface area (Å²) in [4.78, 5) is 36.1. The number of nitrogens with one attached hydrogen (secondary N) is 2. The van der Waals surface area contributed by atoms with Crippen LogP contribution in [0.15, 0.2) is 46.9 Å². The smallest absolute Gasteiger partial charge is 0.353 e. The summed E-state index contributed by atoms with van der Waals surface area (Å²) in [7, 11) is 0. The summed E-state index contributed by atoms with van der Waals surface area (Å²) in [5.41, 5.74) is 3.11. The highest BCUT2D eigenvalue weighted by Crippen LogP contribution is 2.16. The van der Waals surface area contributed by atoms with Gasteiger partial charge in [0.25, 0.3) is 5.91 Å². The van der Waals surface area contributed by atoms with Crippen LogP contribution in [-0.4, -0.2) is 30.5 Å². The first-order valence-electron chi connectivity index (χ1n) is 11.0. The topological polar surface area (TPSA) is 96.9 Å². The number of ether oxygens (including phenoxy) is 1. The molecule has 0 aliphatic heterocycles. The van der Waals surface area contributed by atoms with Crippen LogP contribution in [0.5, 0.6) is 5.75 Å². The van der Waals surface area contributed by atoms with Gasteiger partial charge in [-0.05, 0) is 47.7 Å². The van der Waals surface area contributed by atoms with Crippen LogP contribution in [-0.2, 0) is 9.59 Å². The molecule has 7 nitrogen and oxygen atoms in total. The van der Waals surface area contributed by atoms with Gasteiger partial charge in [0.05, 0.1) is 12.8 Å². The van der Waals surface area contributed by atoms with Gasteiger partial charge in [0, 0.05) is 6.42 Å². The molecule has 1 aromatic carbocycles. The van der Waals surface area contributed by atoms with Crippen molar-refractivity contribution in [2.24, 2.45) is 5.10 Å². The van der Waals surface area contributed by atoms with Crippen LogP contribution in [0, 0.1) is 0 Å². The third kappa shape index (κ3) is 10.3. The number of hydrogen-bond donors (Lipinski definition) is 2. The average molecular weight is 458 g/mol. The quantitative estimate of drug-likeness (QED) is 0.142. The maximum atomic E-state index is 11.9. The van der Waals surface area contributed by atoms with Crippen LogP contribution < -0.4 is 15.5 Å². The molecule has 172 valence electrons. The SMILES string of the molecule is CCCCCCCCCC(=O)NCC(=O)N/N=C\c1ccc(OC(=O)c2cccs2)cc1. The lowest BCUT2D eigenvalue weighted by Gasteiger charge is -2.05. The number of unbranched alkanes of at least 4 members (excludes halogenated alkanes) is 6. The molecule has 0 spiro atoms. The Morgan fingerprint density at radius 3 is 2.38 bits per heavy atom. The molecule has 0 fully saturated rings. The molecule has 8 heteroatoms. The first-order valence-corrected chi connectivity index (χ1v) is 11.9. The van der Waals surface area contributed by atoms with E-state index in [-0.39, 0.29) is 12.5 Å². The molecule has 1 aromatic heterocycles. The number of carbonyl (C=O) groups is 3. The highest BCUT2D eigenvalue weighted by atomic mass is 32.1. The summed E-state index contributed by atoms with van der Waals surface area (Å²) >= 11 is 1.32. The van der Waals surface area contributed by atoms with Crippen molar-refractivity contribution in [3.05, 3.63) is 52.2 Å². The molecule has 0 aliphatic rings. The number of rotatable bonds is 14. The van der Waals surface area contributed by atoms with E-state index in [1.807, 2.05) is 5.38 Å². The second kappa shape index (κ2) is 14.9. The second-order valence-electron chi connectivity index (χ2n) is 7.38. The predicted molar refractivity (Wildman–Crippen MR) is 127 cm³/mol. The van der Waals surface area contributed by atoms with E-state index in [0.717, 1.165) is 24.8 Å². The van der Waals surface area contributed by atoms with E-state index in [1.54, 1.807) is 36.4 Å². The lowest BCUT2D eigenvalue weighted by Crippen LogP contribution is -2.34. The lowest BCUT2D eigenvalue weighted by atomic mass is 10.1. The number of nitrogens with zero attached hydrogens (tertiary/aromatic N) is 1. The molecule has 2 rings (SSSR count). The number of hydrogen-bond acceptors (Lipinski definition) is 6. The summed E-state index contributed by atoms with van der Waals surface area (Å²) in [6.07, 6.45) is 9.94. The highest BCUT2D eigenvalue weighted by molar-refractivity contribution is 7.12. The van der Waals surface area contributed by atoms with Crippen LogP contribution in [0.3, 0.4) is 0 Å². The third-order valence-electron chi connectivity index (χ3n) is 4.67. The summed E-state index contributed by atoms with van der Waals surface area (Å²) in [6.45, 7) is 2.08. The van der Waals surface area contributed by atoms with Gasteiger partial charge < -0.3 is 10.1 Å². The van der Waals surface area contributed by atoms with E-state index in [9.17, 15) is 14.4 Å². The maximum absolute atomic E-state index is 11.9. The first-order chi connectivity index (χ1) is 15.6. The Bertz CT molecular complexity index is 864. The van der Waals surface area contributed by atoms with Crippen molar-refractivity contribution in [1.29, 1.82) is 0 Å². The molecule has 0 unspecified atom stereocenters. The Hall–Kier alpha value is -3.00. The van der Waals surface area contributed by atoms with E-state index in [2.05, 4.69) is 22.8 Å². The van der Waals surface area contributed by atoms with Crippen molar-refractivity contribution in [2.75, 3.05) is 6.54 Å². The molecule has 0 saturated carbocycles. The monoisotopic (exact) mass is 457 g/mol. The molecule has 2 N–H and O–H groups in total. The molecule has 0 bridgehead atoms. The van der Waals surface area contributed by atoms with Gasteiger partial charge in [0.1, 0.15) is 10.6 Å². The summed E-state index contributed by atoms with van der Waals surface area (Å²) in [6, 6.07) is 10.2. The van der Waals surface area contributed by atoms with Gasteiger partial charge in [-0.15, -0.1) is 11.3 Å². The fourth-order valence-corrected chi connectivity index (χ4v) is 3.50. The number of esters is 1. The van der Waals surface area contributed by atoms with E-state index in [4.69, 9.17) is 4.74 Å². The summed E-state index contributed by atoms with van der Waals surface area (Å²) in [5, 5.41) is 8.30. The first kappa shape index (κ1) is 25.3. The minimum Gasteiger partial charge on any atom is -0.422 e. The fourth-order valence-electron chi connectivity index (χ4n) is 2.90. The Morgan fingerprint density at radius 2 is 1.69 bits per heavy atom. The van der Waals surface area contributed by atoms with Crippen LogP contribution >= 0.6 is 11.3 Å². The largest absolute Gasteiger partial charge is 0.422 e. The maximum Gasteiger partial charge on any atom is 0.353 e. The van der Waals surface area contributed by atoms with Gasteiger partial charge in [-0.1, -0.05) is 51.5 Å². The van der Waals surface area contributed by atoms with Crippen molar-refractivity contribution in [2.45, 2.75) is 58.3 Å². The molecule has 0 radical (unpaired) electrons. The Labute approximate surface area is 193 Å². The van der Waals surface area contributed by atoms with E-state index < -0.39 is 11.9 Å². The molecule has 32 heavy (non-hydrogen) atoms. The highest BCUT2D eigenvalue weighted by Gasteiger charge is 2.09. The molecule has 0 atom stereocenters. The second-order valence-corrected chi connectivity index (χ2v) is 8.32. The summed E-state index contributed by atoms with van der Waals surface area (Å²) < 4.78 is 5.28.